The Morgan fingerprint density at radius 2 is 1.68 bits per heavy atom. The molecule has 37 heavy (non-hydrogen) atoms. The molecule has 0 spiro atoms. The molecule has 0 atom stereocenters. The normalized spacial score (nSPS) is 14.9. The fraction of sp³-hybridized carbons (Fsp3) is 0.250. The number of imidazole rings is 1. The third-order valence-electron chi connectivity index (χ3n) is 6.64. The lowest BCUT2D eigenvalue weighted by atomic mass is 10.1. The molecule has 2 heterocycles. The van der Waals surface area contributed by atoms with E-state index in [1.54, 1.807) is 12.1 Å². The van der Waals surface area contributed by atoms with Crippen molar-refractivity contribution in [2.45, 2.75) is 31.7 Å². The molecule has 1 saturated heterocycles. The van der Waals surface area contributed by atoms with E-state index in [9.17, 15) is 9.59 Å². The predicted octanol–water partition coefficient (Wildman–Crippen LogP) is 5.36. The van der Waals surface area contributed by atoms with Gasteiger partial charge in [0.2, 0.25) is 10.0 Å². The molecule has 2 aliphatic rings. The average molecular weight is 493 g/mol. The van der Waals surface area contributed by atoms with Gasteiger partial charge in [-0.15, -0.1) is 0 Å². The van der Waals surface area contributed by atoms with Crippen LogP contribution in [0.3, 0.4) is 0 Å². The highest BCUT2D eigenvalue weighted by molar-refractivity contribution is 6.05. The number of aromatic nitrogens is 2. The third kappa shape index (κ3) is 5.17. The van der Waals surface area contributed by atoms with Gasteiger partial charge in [0.1, 0.15) is 17.0 Å². The van der Waals surface area contributed by atoms with Gasteiger partial charge in [-0.1, -0.05) is 12.1 Å². The minimum absolute atomic E-state index is 0.162. The maximum absolute atomic E-state index is 12.8. The summed E-state index contributed by atoms with van der Waals surface area (Å²) in [5.74, 6) is 0.0809. The summed E-state index contributed by atoms with van der Waals surface area (Å²) >= 11 is 0. The number of hydrogen-bond acceptors (Lipinski definition) is 5. The van der Waals surface area contributed by atoms with Crippen LogP contribution in [0.25, 0.3) is 22.4 Å². The maximum atomic E-state index is 12.8. The number of aromatic amines is 1. The Morgan fingerprint density at radius 1 is 0.946 bits per heavy atom. The molecule has 0 unspecified atom stereocenters. The smallest absolute Gasteiger partial charge is 0.360 e. The van der Waals surface area contributed by atoms with Crippen molar-refractivity contribution in [1.29, 1.82) is 0 Å². The van der Waals surface area contributed by atoms with Gasteiger partial charge in [-0.2, -0.15) is 0 Å². The average Bonchev–Trinajstić information content (AvgIpc) is 3.40. The van der Waals surface area contributed by atoms with E-state index in [1.807, 2.05) is 54.6 Å². The van der Waals surface area contributed by atoms with E-state index in [0.717, 1.165) is 48.2 Å². The molecule has 0 radical (unpaired) electrons. The lowest BCUT2D eigenvalue weighted by Crippen LogP contribution is -2.18. The van der Waals surface area contributed by atoms with Crippen LogP contribution in [-0.2, 0) is 0 Å². The zero-order chi connectivity index (χ0) is 25.2. The summed E-state index contributed by atoms with van der Waals surface area (Å²) in [4.78, 5) is 38.9. The number of carbonyl (C=O) groups excluding carboxylic acids is 2. The molecule has 2 fully saturated rings. The first-order chi connectivity index (χ1) is 18.1. The number of nitrogens with one attached hydrogen (secondary N) is 2. The van der Waals surface area contributed by atoms with Crippen molar-refractivity contribution in [3.63, 3.8) is 0 Å². The SMILES string of the molecule is O=C(N=[N+]=NC1CC1)c1ccc(-c2nc3cc(NC(=O)c4ccc(N5CCCC5)cc4)ccc3[nH]2)cc1. The highest BCUT2D eigenvalue weighted by Crippen LogP contribution is 2.25. The van der Waals surface area contributed by atoms with E-state index in [2.05, 4.69) is 35.3 Å². The summed E-state index contributed by atoms with van der Waals surface area (Å²) in [7, 11) is 0. The van der Waals surface area contributed by atoms with E-state index in [-0.39, 0.29) is 11.9 Å². The molecule has 2 amide bonds. The Labute approximate surface area is 213 Å². The van der Waals surface area contributed by atoms with Crippen LogP contribution in [0.15, 0.2) is 77.0 Å². The van der Waals surface area contributed by atoms with Crippen molar-refractivity contribution >= 4 is 34.2 Å². The number of benzene rings is 3. The Morgan fingerprint density at radius 3 is 2.41 bits per heavy atom. The number of nitrogens with zero attached hydrogens (tertiary/aromatic N) is 5. The molecule has 1 aromatic heterocycles. The van der Waals surface area contributed by atoms with E-state index in [4.69, 9.17) is 0 Å². The molecule has 1 saturated carbocycles. The summed E-state index contributed by atoms with van der Waals surface area (Å²) in [5, 5.41) is 10.6. The second-order valence-corrected chi connectivity index (χ2v) is 9.43. The molecule has 0 bridgehead atoms. The van der Waals surface area contributed by atoms with Crippen molar-refractivity contribution in [3.8, 4) is 11.4 Å². The Bertz CT molecular complexity index is 1520. The minimum atomic E-state index is -0.424. The van der Waals surface area contributed by atoms with E-state index >= 15 is 0 Å². The largest absolute Gasteiger partial charge is 0.372 e. The van der Waals surface area contributed by atoms with E-state index in [1.165, 1.54) is 12.8 Å². The maximum Gasteiger partial charge on any atom is 0.360 e. The number of fused-ring (bicyclic) bond motifs is 1. The van der Waals surface area contributed by atoms with E-state index in [0.29, 0.717) is 22.6 Å². The monoisotopic (exact) mass is 492 g/mol. The standard InChI is InChI=1S/C28H25N7O2/c36-27(19-7-12-23(13-8-19)35-15-1-2-16-35)29-22-11-14-24-25(17-22)31-26(30-24)18-3-5-20(6-4-18)28(37)33-34-32-21-9-10-21/h3-8,11-14,17,21H,1-2,9-10,15-16H2,(H,32,33,37)/p+1. The second-order valence-electron chi connectivity index (χ2n) is 9.43. The highest BCUT2D eigenvalue weighted by Gasteiger charge is 2.26. The molecular formula is C28H26N7O2+. The van der Waals surface area contributed by atoms with Crippen LogP contribution >= 0.6 is 0 Å². The zero-order valence-corrected chi connectivity index (χ0v) is 20.2. The van der Waals surface area contributed by atoms with Crippen LogP contribution in [0.4, 0.5) is 11.4 Å². The van der Waals surface area contributed by atoms with Crippen LogP contribution in [0.1, 0.15) is 46.4 Å². The fourth-order valence-corrected chi connectivity index (χ4v) is 4.38. The Hall–Kier alpha value is -4.62. The van der Waals surface area contributed by atoms with Gasteiger partial charge in [-0.25, -0.2) is 4.98 Å². The Balaban J connectivity index is 1.14. The summed E-state index contributed by atoms with van der Waals surface area (Å²) in [6.45, 7) is 2.14. The van der Waals surface area contributed by atoms with Crippen LogP contribution in [-0.4, -0.2) is 40.9 Å². The number of hydrogen-bond donors (Lipinski definition) is 2. The van der Waals surface area contributed by atoms with Crippen molar-refractivity contribution in [2.24, 2.45) is 10.2 Å². The van der Waals surface area contributed by atoms with Crippen LogP contribution in [0.2, 0.25) is 0 Å². The van der Waals surface area contributed by atoms with Gasteiger partial charge in [0.05, 0.1) is 11.0 Å². The Kier molecular flexibility index (Phi) is 6.04. The first kappa shape index (κ1) is 22.8. The molecular weight excluding hydrogens is 466 g/mol. The molecule has 1 aliphatic heterocycles. The number of H-pyrrole nitrogens is 1. The summed E-state index contributed by atoms with van der Waals surface area (Å²) in [6.07, 6.45) is 4.46. The van der Waals surface area contributed by atoms with Gasteiger partial charge in [0, 0.05) is 41.2 Å². The highest BCUT2D eigenvalue weighted by atomic mass is 16.2. The van der Waals surface area contributed by atoms with Crippen molar-refractivity contribution in [1.82, 2.24) is 14.9 Å². The van der Waals surface area contributed by atoms with Crippen LogP contribution in [0.5, 0.6) is 0 Å². The van der Waals surface area contributed by atoms with Crippen molar-refractivity contribution in [3.05, 3.63) is 77.9 Å². The van der Waals surface area contributed by atoms with Gasteiger partial charge < -0.3 is 15.2 Å². The van der Waals surface area contributed by atoms with Crippen LogP contribution < -0.4 is 15.1 Å². The lowest BCUT2D eigenvalue weighted by molar-refractivity contribution is 0.0990. The van der Waals surface area contributed by atoms with Gasteiger partial charge in [0.15, 0.2) is 0 Å². The molecule has 184 valence electrons. The molecule has 6 rings (SSSR count). The lowest BCUT2D eigenvalue weighted by Gasteiger charge is -2.17. The summed E-state index contributed by atoms with van der Waals surface area (Å²) in [6, 6.07) is 20.6. The number of rotatable bonds is 6. The number of anilines is 2. The molecule has 1 aliphatic carbocycles. The molecule has 3 aromatic carbocycles. The first-order valence-electron chi connectivity index (χ1n) is 12.5. The van der Waals surface area contributed by atoms with Gasteiger partial charge >= 0.3 is 5.91 Å². The van der Waals surface area contributed by atoms with Gasteiger partial charge in [-0.3, -0.25) is 9.59 Å². The van der Waals surface area contributed by atoms with Gasteiger partial charge in [0.25, 0.3) is 5.91 Å². The molecule has 2 N–H and O–H groups in total. The van der Waals surface area contributed by atoms with Crippen molar-refractivity contribution < 1.29 is 9.59 Å². The summed E-state index contributed by atoms with van der Waals surface area (Å²) in [5.41, 5.74) is 5.28. The number of amides is 2. The summed E-state index contributed by atoms with van der Waals surface area (Å²) < 4.78 is 0. The number of carbonyl (C=O) groups is 2. The fourth-order valence-electron chi connectivity index (χ4n) is 4.38. The predicted molar refractivity (Wildman–Crippen MR) is 142 cm³/mol. The molecule has 4 aromatic rings. The minimum Gasteiger partial charge on any atom is -0.372 e. The topological polar surface area (TPSA) is 117 Å². The van der Waals surface area contributed by atoms with Crippen LogP contribution in [0, 0.1) is 0 Å². The van der Waals surface area contributed by atoms with E-state index < -0.39 is 5.91 Å². The van der Waals surface area contributed by atoms with Gasteiger partial charge in [-0.05, 0) is 80.3 Å². The van der Waals surface area contributed by atoms with Crippen molar-refractivity contribution in [2.75, 3.05) is 23.3 Å². The molecule has 9 nitrogen and oxygen atoms in total. The second kappa shape index (κ2) is 9.79. The first-order valence-corrected chi connectivity index (χ1v) is 12.5. The quantitative estimate of drug-likeness (QED) is 0.278. The molecule has 9 heteroatoms. The third-order valence-corrected chi connectivity index (χ3v) is 6.64. The zero-order valence-electron chi connectivity index (χ0n) is 20.2.